The van der Waals surface area contributed by atoms with Crippen molar-refractivity contribution in [3.63, 3.8) is 0 Å². The van der Waals surface area contributed by atoms with Crippen molar-refractivity contribution in [2.75, 3.05) is 0 Å². The molecule has 22 heavy (non-hydrogen) atoms. The lowest BCUT2D eigenvalue weighted by Crippen LogP contribution is -1.83. The molecule has 0 bridgehead atoms. The minimum Gasteiger partial charge on any atom is -0.481 e. The summed E-state index contributed by atoms with van der Waals surface area (Å²) in [6.07, 6.45) is 0. The van der Waals surface area contributed by atoms with Gasteiger partial charge >= 0.3 is 0 Å². The molecule has 0 unspecified atom stereocenters. The van der Waals surface area contributed by atoms with E-state index in [1.54, 1.807) is 0 Å². The molecule has 0 saturated carbocycles. The minimum atomic E-state index is -0.833. The molecule has 0 spiro atoms. The molecule has 0 amide bonds. The summed E-state index contributed by atoms with van der Waals surface area (Å²) >= 11 is 0. The average molecular weight is 290 g/mol. The van der Waals surface area contributed by atoms with E-state index in [-0.39, 0.29) is 0 Å². The van der Waals surface area contributed by atoms with Crippen LogP contribution in [0.15, 0.2) is 84.9 Å². The van der Waals surface area contributed by atoms with E-state index in [1.165, 1.54) is 22.3 Å². The van der Waals surface area contributed by atoms with Gasteiger partial charge in [-0.05, 0) is 22.3 Å². The van der Waals surface area contributed by atoms with Gasteiger partial charge in [0, 0.05) is 6.92 Å². The van der Waals surface area contributed by atoms with Crippen molar-refractivity contribution in [2.45, 2.75) is 6.92 Å². The van der Waals surface area contributed by atoms with Crippen molar-refractivity contribution >= 4 is 5.97 Å². The zero-order chi connectivity index (χ0) is 15.8. The molecule has 2 nitrogen and oxygen atoms in total. The van der Waals surface area contributed by atoms with Crippen LogP contribution < -0.4 is 0 Å². The minimum absolute atomic E-state index is 0.833. The lowest BCUT2D eigenvalue weighted by molar-refractivity contribution is -0.134. The first-order valence-corrected chi connectivity index (χ1v) is 7.08. The molecule has 0 saturated heterocycles. The second kappa shape index (κ2) is 7.79. The Morgan fingerprint density at radius 3 is 1.23 bits per heavy atom. The first-order valence-electron chi connectivity index (χ1n) is 7.08. The molecular weight excluding hydrogens is 272 g/mol. The Labute approximate surface area is 130 Å². The van der Waals surface area contributed by atoms with E-state index in [2.05, 4.69) is 84.9 Å². The van der Waals surface area contributed by atoms with Crippen LogP contribution >= 0.6 is 0 Å². The summed E-state index contributed by atoms with van der Waals surface area (Å²) in [5, 5.41) is 7.42. The molecule has 3 rings (SSSR count). The van der Waals surface area contributed by atoms with Crippen LogP contribution in [-0.4, -0.2) is 11.1 Å². The Bertz CT molecular complexity index is 656. The van der Waals surface area contributed by atoms with Gasteiger partial charge in [0.15, 0.2) is 0 Å². The predicted molar refractivity (Wildman–Crippen MR) is 90.6 cm³/mol. The molecule has 0 atom stereocenters. The first kappa shape index (κ1) is 15.5. The maximum atomic E-state index is 9.00. The first-order chi connectivity index (χ1) is 10.7. The molecule has 3 aromatic rings. The maximum Gasteiger partial charge on any atom is 0.300 e. The Hall–Kier alpha value is -2.87. The Morgan fingerprint density at radius 2 is 0.909 bits per heavy atom. The molecule has 2 heteroatoms. The second-order valence-corrected chi connectivity index (χ2v) is 4.80. The standard InChI is InChI=1S/C18H14.C2H4O2/c1-3-9-15(10-4-1)17-13-7-8-14-18(17)16-11-5-2-6-12-16;1-2(3)4/h1-14H;1H3,(H,3,4). The van der Waals surface area contributed by atoms with E-state index in [1.807, 2.05) is 0 Å². The maximum absolute atomic E-state index is 9.00. The van der Waals surface area contributed by atoms with Crippen molar-refractivity contribution < 1.29 is 9.90 Å². The summed E-state index contributed by atoms with van der Waals surface area (Å²) in [6, 6.07) is 29.6. The van der Waals surface area contributed by atoms with Gasteiger partial charge in [-0.2, -0.15) is 0 Å². The van der Waals surface area contributed by atoms with Gasteiger partial charge in [-0.15, -0.1) is 0 Å². The fourth-order valence-electron chi connectivity index (χ4n) is 2.22. The number of rotatable bonds is 2. The van der Waals surface area contributed by atoms with Gasteiger partial charge in [-0.25, -0.2) is 0 Å². The van der Waals surface area contributed by atoms with E-state index >= 15 is 0 Å². The lowest BCUT2D eigenvalue weighted by Gasteiger charge is -2.09. The number of carbonyl (C=O) groups is 1. The Morgan fingerprint density at radius 1 is 0.636 bits per heavy atom. The topological polar surface area (TPSA) is 37.3 Å². The van der Waals surface area contributed by atoms with Crippen molar-refractivity contribution in [3.8, 4) is 22.3 Å². The number of hydrogen-bond donors (Lipinski definition) is 1. The van der Waals surface area contributed by atoms with E-state index in [0.717, 1.165) is 6.92 Å². The van der Waals surface area contributed by atoms with E-state index < -0.39 is 5.97 Å². The van der Waals surface area contributed by atoms with Crippen LogP contribution in [0.3, 0.4) is 0 Å². The molecule has 0 radical (unpaired) electrons. The van der Waals surface area contributed by atoms with Crippen LogP contribution in [0, 0.1) is 0 Å². The summed E-state index contributed by atoms with van der Waals surface area (Å²) in [5.74, 6) is -0.833. The van der Waals surface area contributed by atoms with Crippen molar-refractivity contribution in [1.29, 1.82) is 0 Å². The Kier molecular flexibility index (Phi) is 5.50. The second-order valence-electron chi connectivity index (χ2n) is 4.80. The highest BCUT2D eigenvalue weighted by Crippen LogP contribution is 2.31. The molecule has 0 heterocycles. The van der Waals surface area contributed by atoms with Gasteiger partial charge in [-0.1, -0.05) is 84.9 Å². The fourth-order valence-corrected chi connectivity index (χ4v) is 2.22. The van der Waals surface area contributed by atoms with E-state index in [9.17, 15) is 0 Å². The molecule has 0 fully saturated rings. The molecular formula is C20H18O2. The van der Waals surface area contributed by atoms with Crippen LogP contribution in [0.5, 0.6) is 0 Å². The van der Waals surface area contributed by atoms with Crippen molar-refractivity contribution in [2.24, 2.45) is 0 Å². The molecule has 1 N–H and O–H groups in total. The highest BCUT2D eigenvalue weighted by atomic mass is 16.4. The zero-order valence-corrected chi connectivity index (χ0v) is 12.4. The number of carboxylic acid groups (broad SMARTS) is 1. The van der Waals surface area contributed by atoms with Gasteiger partial charge in [-0.3, -0.25) is 4.79 Å². The van der Waals surface area contributed by atoms with Crippen LogP contribution in [-0.2, 0) is 4.79 Å². The van der Waals surface area contributed by atoms with Crippen LogP contribution in [0.4, 0.5) is 0 Å². The molecule has 3 aromatic carbocycles. The monoisotopic (exact) mass is 290 g/mol. The predicted octanol–water partition coefficient (Wildman–Crippen LogP) is 5.11. The van der Waals surface area contributed by atoms with Crippen LogP contribution in [0.1, 0.15) is 6.92 Å². The van der Waals surface area contributed by atoms with E-state index in [4.69, 9.17) is 9.90 Å². The van der Waals surface area contributed by atoms with E-state index in [0.29, 0.717) is 0 Å². The van der Waals surface area contributed by atoms with Gasteiger partial charge in [0.25, 0.3) is 5.97 Å². The summed E-state index contributed by atoms with van der Waals surface area (Å²) < 4.78 is 0. The van der Waals surface area contributed by atoms with Gasteiger partial charge in [0.2, 0.25) is 0 Å². The number of carboxylic acids is 1. The lowest BCUT2D eigenvalue weighted by atomic mass is 9.95. The Balaban J connectivity index is 0.000000396. The third-order valence-electron chi connectivity index (χ3n) is 3.10. The van der Waals surface area contributed by atoms with Crippen LogP contribution in [0.2, 0.25) is 0 Å². The SMILES string of the molecule is CC(=O)O.c1ccc(-c2ccccc2-c2ccccc2)cc1. The van der Waals surface area contributed by atoms with Gasteiger partial charge < -0.3 is 5.11 Å². The van der Waals surface area contributed by atoms with Gasteiger partial charge in [0.1, 0.15) is 0 Å². The number of benzene rings is 3. The number of hydrogen-bond acceptors (Lipinski definition) is 1. The third kappa shape index (κ3) is 4.32. The fraction of sp³-hybridized carbons (Fsp3) is 0.0500. The third-order valence-corrected chi connectivity index (χ3v) is 3.10. The molecule has 110 valence electrons. The normalized spacial score (nSPS) is 9.50. The van der Waals surface area contributed by atoms with Crippen LogP contribution in [0.25, 0.3) is 22.3 Å². The summed E-state index contributed by atoms with van der Waals surface area (Å²) in [4.78, 5) is 9.00. The number of aliphatic carboxylic acids is 1. The van der Waals surface area contributed by atoms with Gasteiger partial charge in [0.05, 0.1) is 0 Å². The molecule has 0 aliphatic rings. The largest absolute Gasteiger partial charge is 0.481 e. The zero-order valence-electron chi connectivity index (χ0n) is 12.4. The van der Waals surface area contributed by atoms with Crippen molar-refractivity contribution in [1.82, 2.24) is 0 Å². The molecule has 0 aliphatic heterocycles. The molecule has 0 aromatic heterocycles. The average Bonchev–Trinajstić information content (AvgIpc) is 2.56. The quantitative estimate of drug-likeness (QED) is 0.712. The summed E-state index contributed by atoms with van der Waals surface area (Å²) in [6.45, 7) is 1.08. The highest BCUT2D eigenvalue weighted by molar-refractivity contribution is 5.83. The molecule has 0 aliphatic carbocycles. The summed E-state index contributed by atoms with van der Waals surface area (Å²) in [5.41, 5.74) is 5.09. The summed E-state index contributed by atoms with van der Waals surface area (Å²) in [7, 11) is 0. The highest BCUT2D eigenvalue weighted by Gasteiger charge is 2.05. The van der Waals surface area contributed by atoms with Crippen molar-refractivity contribution in [3.05, 3.63) is 84.9 Å². The smallest absolute Gasteiger partial charge is 0.300 e.